The Balaban J connectivity index is 0. The summed E-state index contributed by atoms with van der Waals surface area (Å²) in [5.74, 6) is 0. The molecule has 1 radical (unpaired) electrons. The Morgan fingerprint density at radius 1 is 0.600 bits per heavy atom. The van der Waals surface area contributed by atoms with Crippen LogP contribution in [0, 0.1) is 38.6 Å². The Hall–Kier alpha value is 1.79. The zero-order valence-electron chi connectivity index (χ0n) is 1.91. The van der Waals surface area contributed by atoms with Crippen molar-refractivity contribution in [1.82, 2.24) is 0 Å². The Morgan fingerprint density at radius 2 is 0.600 bits per heavy atom. The van der Waals surface area contributed by atoms with Gasteiger partial charge in [-0.3, -0.25) is 0 Å². The summed E-state index contributed by atoms with van der Waals surface area (Å²) in [4.78, 5) is 0. The minimum Gasteiger partial charge on any atom is -2.00 e. The molecule has 0 aromatic rings. The van der Waals surface area contributed by atoms with Crippen molar-refractivity contribution in [3.8, 4) is 0 Å². The van der Waals surface area contributed by atoms with Crippen molar-refractivity contribution in [3.05, 3.63) is 0 Å². The van der Waals surface area contributed by atoms with E-state index in [1.807, 2.05) is 0 Å². The van der Waals surface area contributed by atoms with Gasteiger partial charge in [-0.2, -0.15) is 0 Å². The molecule has 0 saturated carbocycles. The van der Waals surface area contributed by atoms with Crippen molar-refractivity contribution >= 4 is 0 Å². The van der Waals surface area contributed by atoms with Crippen molar-refractivity contribution in [1.29, 1.82) is 0 Å². The third kappa shape index (κ3) is 26.0. The maximum atomic E-state index is 0. The predicted molar refractivity (Wildman–Crippen MR) is 2.06 cm³/mol. The number of rotatable bonds is 0. The molecule has 0 bridgehead atoms. The monoisotopic (exact) mass is 309 g/mol. The Labute approximate surface area is 73.6 Å². The van der Waals surface area contributed by atoms with E-state index < -0.39 is 0 Å². The maximum Gasteiger partial charge on any atom is 3.00 e. The average Bonchev–Trinajstić information content (AvgIpc) is 0. The Kier molecular flexibility index (Phi) is 590. The molecule has 0 spiro atoms. The van der Waals surface area contributed by atoms with Crippen LogP contribution in [0.2, 0.25) is 0 Å². The van der Waals surface area contributed by atoms with Gasteiger partial charge >= 0.3 is 58.1 Å². The topological polar surface area (TPSA) is 85.5 Å². The fourth-order valence-corrected chi connectivity index (χ4v) is 0. The van der Waals surface area contributed by atoms with Crippen molar-refractivity contribution in [2.75, 3.05) is 0 Å². The zero-order valence-corrected chi connectivity index (χ0v) is 5.79. The molecule has 5 heavy (non-hydrogen) atoms. The second kappa shape index (κ2) is 41.5. The summed E-state index contributed by atoms with van der Waals surface area (Å²) in [6.07, 6.45) is 0. The second-order valence-corrected chi connectivity index (χ2v) is 0. The first-order chi connectivity index (χ1) is 0. The van der Waals surface area contributed by atoms with Gasteiger partial charge in [-0.15, -0.1) is 0 Å². The molecule has 0 unspecified atom stereocenters. The average molecular weight is 308 g/mol. The van der Waals surface area contributed by atoms with E-state index in [2.05, 4.69) is 0 Å². The van der Waals surface area contributed by atoms with E-state index in [0.29, 0.717) is 0 Å². The molecule has 0 amide bonds. The number of hydrogen-bond donors (Lipinski definition) is 0. The van der Waals surface area contributed by atoms with Gasteiger partial charge in [0.1, 0.15) is 0 Å². The van der Waals surface area contributed by atoms with E-state index >= 15 is 0 Å². The van der Waals surface area contributed by atoms with Crippen molar-refractivity contribution in [3.63, 3.8) is 0 Å². The van der Waals surface area contributed by atoms with Gasteiger partial charge in [0.05, 0.1) is 0 Å². The molecule has 0 rings (SSSR count). The summed E-state index contributed by atoms with van der Waals surface area (Å²) < 4.78 is 0. The fourth-order valence-electron chi connectivity index (χ4n) is 0. The van der Waals surface area contributed by atoms with Crippen molar-refractivity contribution in [2.45, 2.75) is 0 Å². The van der Waals surface area contributed by atoms with Gasteiger partial charge < -0.3 is 16.4 Å². The zero-order chi connectivity index (χ0) is 0. The minimum atomic E-state index is 0. The van der Waals surface area contributed by atoms with Crippen LogP contribution in [-0.2, 0) is 35.9 Å². The molecule has 0 aliphatic rings. The second-order valence-electron chi connectivity index (χ2n) is 0. The van der Waals surface area contributed by atoms with E-state index in [1.165, 1.54) is 0 Å². The largest absolute Gasteiger partial charge is 3.00 e. The van der Waals surface area contributed by atoms with Gasteiger partial charge in [0, 0.05) is 0 Å². The SMILES string of the molecule is [O-2].[O-2].[O-2].[Ru+3].[Tb+3]. The van der Waals surface area contributed by atoms with E-state index in [1.54, 1.807) is 0 Å². The van der Waals surface area contributed by atoms with Gasteiger partial charge in [0.15, 0.2) is 0 Å². The van der Waals surface area contributed by atoms with E-state index in [4.69, 9.17) is 0 Å². The molecule has 5 heteroatoms. The van der Waals surface area contributed by atoms with Crippen molar-refractivity contribution in [2.24, 2.45) is 0 Å². The maximum absolute atomic E-state index is 0. The summed E-state index contributed by atoms with van der Waals surface area (Å²) in [6.45, 7) is 0. The quantitative estimate of drug-likeness (QED) is 0.547. The molecule has 0 aliphatic heterocycles. The van der Waals surface area contributed by atoms with Crippen LogP contribution in [0.1, 0.15) is 0 Å². The van der Waals surface area contributed by atoms with Crippen LogP contribution in [0.4, 0.5) is 0 Å². The van der Waals surface area contributed by atoms with Crippen LogP contribution < -0.4 is 0 Å². The molecule has 0 saturated heterocycles. The summed E-state index contributed by atoms with van der Waals surface area (Å²) >= 11 is 0. The normalized spacial score (nSPS) is 0. The predicted octanol–water partition coefficient (Wildman–Crippen LogP) is -0.359. The minimum absolute atomic E-state index is 0. The molecule has 3 nitrogen and oxygen atoms in total. The fraction of sp³-hybridized carbons (Fsp3) is 0. The van der Waals surface area contributed by atoms with Crippen LogP contribution >= 0.6 is 0 Å². The summed E-state index contributed by atoms with van der Waals surface area (Å²) in [7, 11) is 0. The first-order valence-corrected chi connectivity index (χ1v) is 0. The van der Waals surface area contributed by atoms with Crippen LogP contribution in [0.25, 0.3) is 0 Å². The first-order valence-electron chi connectivity index (χ1n) is 0. The molecule has 0 heterocycles. The third-order valence-corrected chi connectivity index (χ3v) is 0. The molecule has 0 aromatic heterocycles. The molecule has 0 fully saturated rings. The molecule has 0 aliphatic carbocycles. The number of hydrogen-bond acceptors (Lipinski definition) is 0. The van der Waals surface area contributed by atoms with Gasteiger partial charge in [0.25, 0.3) is 0 Å². The molecular formula is O3RuTb. The van der Waals surface area contributed by atoms with E-state index in [9.17, 15) is 0 Å². The summed E-state index contributed by atoms with van der Waals surface area (Å²) in [6, 6.07) is 0. The molecule has 0 aromatic carbocycles. The third-order valence-electron chi connectivity index (χ3n) is 0. The van der Waals surface area contributed by atoms with Crippen LogP contribution in [0.3, 0.4) is 0 Å². The van der Waals surface area contributed by atoms with Crippen LogP contribution in [0.5, 0.6) is 0 Å². The first kappa shape index (κ1) is 71.1. The van der Waals surface area contributed by atoms with Crippen LogP contribution in [0.15, 0.2) is 0 Å². The van der Waals surface area contributed by atoms with Gasteiger partial charge in [0.2, 0.25) is 0 Å². The van der Waals surface area contributed by atoms with E-state index in [0.717, 1.165) is 0 Å². The van der Waals surface area contributed by atoms with Crippen LogP contribution in [-0.4, -0.2) is 0 Å². The van der Waals surface area contributed by atoms with E-state index in [-0.39, 0.29) is 74.5 Å². The van der Waals surface area contributed by atoms with Crippen molar-refractivity contribution < 1.29 is 74.5 Å². The van der Waals surface area contributed by atoms with Gasteiger partial charge in [-0.25, -0.2) is 0 Å². The molecule has 35 valence electrons. The molecule has 0 N–H and O–H groups in total. The van der Waals surface area contributed by atoms with Gasteiger partial charge in [-0.1, -0.05) is 0 Å². The Bertz CT molecular complexity index is 6.85. The smallest absolute Gasteiger partial charge is 2.00 e. The summed E-state index contributed by atoms with van der Waals surface area (Å²) in [5, 5.41) is 0. The Morgan fingerprint density at radius 3 is 0.600 bits per heavy atom. The van der Waals surface area contributed by atoms with Gasteiger partial charge in [-0.05, 0) is 0 Å². The standard InChI is InChI=1S/3O.Ru.Tb/q3*-2;2*+3. The molecular weight excluding hydrogens is 308 g/mol. The molecule has 0 atom stereocenters. The summed E-state index contributed by atoms with van der Waals surface area (Å²) in [5.41, 5.74) is 0.